The number of rotatable bonds is 5. The fraction of sp³-hybridized carbons (Fsp3) is 0.389. The highest BCUT2D eigenvalue weighted by atomic mass is 32.2. The van der Waals surface area contributed by atoms with E-state index in [0.717, 1.165) is 22.4 Å². The van der Waals surface area contributed by atoms with Crippen LogP contribution >= 0.6 is 11.3 Å². The molecule has 1 aromatic heterocycles. The van der Waals surface area contributed by atoms with Gasteiger partial charge in [0.1, 0.15) is 0 Å². The van der Waals surface area contributed by atoms with Crippen LogP contribution in [0, 0.1) is 6.92 Å². The lowest BCUT2D eigenvalue weighted by molar-refractivity contribution is 0.0949. The number of thiophene rings is 1. The molecule has 0 bridgehead atoms. The van der Waals surface area contributed by atoms with Gasteiger partial charge in [-0.05, 0) is 48.1 Å². The van der Waals surface area contributed by atoms with Crippen molar-refractivity contribution in [1.82, 2.24) is 10.3 Å². The molecule has 5 nitrogen and oxygen atoms in total. The number of aryl methyl sites for hydroxylation is 2. The van der Waals surface area contributed by atoms with E-state index in [1.165, 1.54) is 11.3 Å². The minimum absolute atomic E-state index is 0.0576. The van der Waals surface area contributed by atoms with Gasteiger partial charge < -0.3 is 0 Å². The fourth-order valence-electron chi connectivity index (χ4n) is 2.35. The van der Waals surface area contributed by atoms with Gasteiger partial charge in [-0.15, -0.1) is 16.2 Å². The Morgan fingerprint density at radius 1 is 1.16 bits per heavy atom. The van der Waals surface area contributed by atoms with Crippen LogP contribution in [0.3, 0.4) is 0 Å². The molecule has 1 amide bonds. The molecule has 0 unspecified atom stereocenters. The average Bonchev–Trinajstić information content (AvgIpc) is 2.93. The van der Waals surface area contributed by atoms with Gasteiger partial charge >= 0.3 is 0 Å². The number of hydrazine groups is 1. The molecule has 1 heterocycles. The lowest BCUT2D eigenvalue weighted by atomic mass is 9.87. The van der Waals surface area contributed by atoms with Crippen molar-refractivity contribution < 1.29 is 13.2 Å². The molecule has 0 aliphatic rings. The van der Waals surface area contributed by atoms with Crippen molar-refractivity contribution in [2.75, 3.05) is 0 Å². The van der Waals surface area contributed by atoms with E-state index in [1.807, 2.05) is 13.8 Å². The summed E-state index contributed by atoms with van der Waals surface area (Å²) in [5.74, 6) is -0.456. The highest BCUT2D eigenvalue weighted by molar-refractivity contribution is 7.89. The van der Waals surface area contributed by atoms with Gasteiger partial charge in [0.2, 0.25) is 0 Å². The van der Waals surface area contributed by atoms with Crippen LogP contribution in [0.4, 0.5) is 0 Å². The van der Waals surface area contributed by atoms with Crippen LogP contribution in [0.25, 0.3) is 0 Å². The molecule has 2 aromatic rings. The molecule has 25 heavy (non-hydrogen) atoms. The first-order chi connectivity index (χ1) is 11.5. The maximum Gasteiger partial charge on any atom is 0.276 e. The molecule has 0 saturated carbocycles. The van der Waals surface area contributed by atoms with Gasteiger partial charge in [-0.25, -0.2) is 8.42 Å². The Bertz CT molecular complexity index is 861. The average molecular weight is 381 g/mol. The number of benzene rings is 1. The van der Waals surface area contributed by atoms with Crippen LogP contribution in [0.1, 0.15) is 53.4 Å². The zero-order chi connectivity index (χ0) is 18.8. The summed E-state index contributed by atoms with van der Waals surface area (Å²) in [5, 5.41) is 0. The summed E-state index contributed by atoms with van der Waals surface area (Å²) >= 11 is 1.37. The van der Waals surface area contributed by atoms with E-state index < -0.39 is 15.9 Å². The molecule has 1 aromatic carbocycles. The van der Waals surface area contributed by atoms with Gasteiger partial charge in [0.15, 0.2) is 0 Å². The Kier molecular flexibility index (Phi) is 5.71. The highest BCUT2D eigenvalue weighted by Crippen LogP contribution is 2.24. The van der Waals surface area contributed by atoms with Crippen molar-refractivity contribution in [3.05, 3.63) is 51.2 Å². The van der Waals surface area contributed by atoms with Crippen molar-refractivity contribution >= 4 is 27.3 Å². The number of carbonyl (C=O) groups excluding carboxylic acids is 1. The molecule has 0 aliphatic carbocycles. The number of carbonyl (C=O) groups is 1. The summed E-state index contributed by atoms with van der Waals surface area (Å²) in [6.07, 6.45) is 0.843. The molecule has 2 N–H and O–H groups in total. The van der Waals surface area contributed by atoms with Gasteiger partial charge in [0.05, 0.1) is 9.77 Å². The first kappa shape index (κ1) is 19.6. The molecule has 0 atom stereocenters. The third-order valence-electron chi connectivity index (χ3n) is 3.90. The first-order valence-corrected chi connectivity index (χ1v) is 10.4. The van der Waals surface area contributed by atoms with E-state index in [-0.39, 0.29) is 10.3 Å². The van der Waals surface area contributed by atoms with Crippen LogP contribution in [-0.2, 0) is 21.9 Å². The molecule has 0 aliphatic heterocycles. The Hall–Kier alpha value is -1.70. The Balaban J connectivity index is 2.09. The quantitative estimate of drug-likeness (QED) is 0.779. The van der Waals surface area contributed by atoms with E-state index in [4.69, 9.17) is 0 Å². The molecule has 0 fully saturated rings. The van der Waals surface area contributed by atoms with E-state index in [9.17, 15) is 13.2 Å². The second-order valence-electron chi connectivity index (χ2n) is 6.90. The lowest BCUT2D eigenvalue weighted by Crippen LogP contribution is -2.41. The van der Waals surface area contributed by atoms with Gasteiger partial charge in [-0.1, -0.05) is 39.8 Å². The van der Waals surface area contributed by atoms with Gasteiger partial charge in [-0.2, -0.15) is 0 Å². The largest absolute Gasteiger partial charge is 0.276 e. The van der Waals surface area contributed by atoms with Crippen LogP contribution in [0.15, 0.2) is 35.2 Å². The predicted molar refractivity (Wildman–Crippen MR) is 101 cm³/mol. The number of hydrogen-bond acceptors (Lipinski definition) is 4. The molecule has 0 spiro atoms. The summed E-state index contributed by atoms with van der Waals surface area (Å²) in [7, 11) is -3.81. The first-order valence-electron chi connectivity index (χ1n) is 8.06. The van der Waals surface area contributed by atoms with E-state index in [1.54, 1.807) is 30.3 Å². The highest BCUT2D eigenvalue weighted by Gasteiger charge is 2.19. The summed E-state index contributed by atoms with van der Waals surface area (Å²) in [5.41, 5.74) is 4.30. The van der Waals surface area contributed by atoms with E-state index in [0.29, 0.717) is 4.88 Å². The SMILES string of the molecule is CCc1sc(C(=O)NNS(=O)(=O)c2ccc(C(C)(C)C)cc2)cc1C. The van der Waals surface area contributed by atoms with Crippen molar-refractivity contribution in [1.29, 1.82) is 0 Å². The van der Waals surface area contributed by atoms with Crippen LogP contribution in [0.5, 0.6) is 0 Å². The van der Waals surface area contributed by atoms with Gasteiger partial charge in [0.25, 0.3) is 15.9 Å². The third-order valence-corrected chi connectivity index (χ3v) is 6.54. The Labute approximate surface area is 153 Å². The molecule has 2 rings (SSSR count). The van der Waals surface area contributed by atoms with Gasteiger partial charge in [-0.3, -0.25) is 10.2 Å². The van der Waals surface area contributed by atoms with Gasteiger partial charge in [0, 0.05) is 4.88 Å². The van der Waals surface area contributed by atoms with Crippen molar-refractivity contribution in [3.63, 3.8) is 0 Å². The minimum atomic E-state index is -3.81. The lowest BCUT2D eigenvalue weighted by Gasteiger charge is -2.19. The summed E-state index contributed by atoms with van der Waals surface area (Å²) < 4.78 is 24.7. The normalized spacial score (nSPS) is 12.2. The van der Waals surface area contributed by atoms with Crippen LogP contribution < -0.4 is 10.3 Å². The second-order valence-corrected chi connectivity index (χ2v) is 9.72. The Morgan fingerprint density at radius 2 is 1.76 bits per heavy atom. The van der Waals surface area contributed by atoms with Crippen LogP contribution in [0.2, 0.25) is 0 Å². The predicted octanol–water partition coefficient (Wildman–Crippen LogP) is 3.54. The topological polar surface area (TPSA) is 75.3 Å². The second kappa shape index (κ2) is 7.27. The molecule has 0 saturated heterocycles. The van der Waals surface area contributed by atoms with Crippen molar-refractivity contribution in [2.24, 2.45) is 0 Å². The zero-order valence-corrected chi connectivity index (χ0v) is 16.8. The van der Waals surface area contributed by atoms with Crippen molar-refractivity contribution in [3.8, 4) is 0 Å². The maximum atomic E-state index is 12.3. The molecule has 7 heteroatoms. The molecule has 0 radical (unpaired) electrons. The third kappa shape index (κ3) is 4.68. The monoisotopic (exact) mass is 380 g/mol. The molecular weight excluding hydrogens is 356 g/mol. The minimum Gasteiger partial charge on any atom is -0.273 e. The summed E-state index contributed by atoms with van der Waals surface area (Å²) in [4.78, 5) is 16.0. The molecular formula is C18H24N2O3S2. The number of nitrogens with one attached hydrogen (secondary N) is 2. The number of amides is 1. The van der Waals surface area contributed by atoms with Crippen molar-refractivity contribution in [2.45, 2.75) is 51.3 Å². The number of sulfonamides is 1. The van der Waals surface area contributed by atoms with E-state index in [2.05, 4.69) is 31.0 Å². The smallest absolute Gasteiger partial charge is 0.273 e. The standard InChI is InChI=1S/C18H24N2O3S2/c1-6-15-12(2)11-16(24-15)17(21)19-20-25(22,23)14-9-7-13(8-10-14)18(3,4)5/h7-11,20H,6H2,1-5H3,(H,19,21). The summed E-state index contributed by atoms with van der Waals surface area (Å²) in [6, 6.07) is 8.42. The Morgan fingerprint density at radius 3 is 2.24 bits per heavy atom. The maximum absolute atomic E-state index is 12.3. The number of hydrogen-bond donors (Lipinski definition) is 2. The summed E-state index contributed by atoms with van der Waals surface area (Å²) in [6.45, 7) is 10.1. The fourth-order valence-corrected chi connectivity index (χ4v) is 4.20. The van der Waals surface area contributed by atoms with E-state index >= 15 is 0 Å². The molecule has 136 valence electrons. The van der Waals surface area contributed by atoms with Crippen LogP contribution in [-0.4, -0.2) is 14.3 Å². The zero-order valence-electron chi connectivity index (χ0n) is 15.1.